The highest BCUT2D eigenvalue weighted by molar-refractivity contribution is 6.31. The second-order valence-corrected chi connectivity index (χ2v) is 4.69. The summed E-state index contributed by atoms with van der Waals surface area (Å²) >= 11 is 5.77. The average Bonchev–Trinajstić information content (AvgIpc) is 2.28. The number of halogens is 4. The minimum atomic E-state index is -2.98. The van der Waals surface area contributed by atoms with Gasteiger partial charge in [0, 0.05) is 30.6 Å². The highest BCUT2D eigenvalue weighted by atomic mass is 35.5. The molecule has 1 fully saturated rings. The molecule has 0 atom stereocenters. The Labute approximate surface area is 126 Å². The number of nitrogens with one attached hydrogen (secondary N) is 2. The Kier molecular flexibility index (Phi) is 6.45. The van der Waals surface area contributed by atoms with Crippen molar-refractivity contribution in [2.45, 2.75) is 6.61 Å². The van der Waals surface area contributed by atoms with E-state index in [2.05, 4.69) is 15.4 Å². The third kappa shape index (κ3) is 4.47. The first kappa shape index (κ1) is 16.9. The summed E-state index contributed by atoms with van der Waals surface area (Å²) in [5, 5.41) is 6.04. The zero-order chi connectivity index (χ0) is 13.8. The van der Waals surface area contributed by atoms with E-state index in [1.807, 2.05) is 0 Å². The van der Waals surface area contributed by atoms with Gasteiger partial charge in [0.1, 0.15) is 5.75 Å². The molecule has 0 spiro atoms. The van der Waals surface area contributed by atoms with Crippen LogP contribution in [0.5, 0.6) is 5.75 Å². The number of rotatable bonds is 5. The summed E-state index contributed by atoms with van der Waals surface area (Å²) in [6.45, 7) is -0.803. The fraction of sp³-hybridized carbons (Fsp3) is 0.417. The van der Waals surface area contributed by atoms with Gasteiger partial charge in [0.05, 0.1) is 5.56 Å². The summed E-state index contributed by atoms with van der Waals surface area (Å²) in [5.41, 5.74) is 0.0140. The van der Waals surface area contributed by atoms with Gasteiger partial charge in [0.2, 0.25) is 0 Å². The van der Waals surface area contributed by atoms with Gasteiger partial charge in [-0.1, -0.05) is 11.6 Å². The lowest BCUT2D eigenvalue weighted by Crippen LogP contribution is -2.48. The van der Waals surface area contributed by atoms with Gasteiger partial charge in [0.25, 0.3) is 5.91 Å². The average molecular weight is 327 g/mol. The SMILES string of the molecule is Cl.O=C(NCC1CNC1)c1cc(Cl)ccc1OC(F)F. The monoisotopic (exact) mass is 326 g/mol. The number of carbonyl (C=O) groups excluding carboxylic acids is 1. The van der Waals surface area contributed by atoms with Gasteiger partial charge in [-0.3, -0.25) is 4.79 Å². The van der Waals surface area contributed by atoms with Crippen molar-refractivity contribution in [3.8, 4) is 5.75 Å². The minimum Gasteiger partial charge on any atom is -0.434 e. The molecule has 1 aromatic carbocycles. The van der Waals surface area contributed by atoms with Crippen LogP contribution in [0.3, 0.4) is 0 Å². The number of ether oxygens (including phenoxy) is 1. The van der Waals surface area contributed by atoms with Crippen molar-refractivity contribution in [3.05, 3.63) is 28.8 Å². The Morgan fingerprint density at radius 2 is 2.20 bits per heavy atom. The molecule has 1 aliphatic heterocycles. The van der Waals surface area contributed by atoms with Crippen LogP contribution < -0.4 is 15.4 Å². The summed E-state index contributed by atoms with van der Waals surface area (Å²) in [4.78, 5) is 11.9. The molecule has 4 nitrogen and oxygen atoms in total. The van der Waals surface area contributed by atoms with E-state index in [9.17, 15) is 13.6 Å². The van der Waals surface area contributed by atoms with Crippen molar-refractivity contribution < 1.29 is 18.3 Å². The molecule has 0 saturated carbocycles. The van der Waals surface area contributed by atoms with Crippen LogP contribution in [0.2, 0.25) is 5.02 Å². The van der Waals surface area contributed by atoms with Crippen LogP contribution in [0.15, 0.2) is 18.2 Å². The number of carbonyl (C=O) groups is 1. The topological polar surface area (TPSA) is 50.4 Å². The standard InChI is InChI=1S/C12H13ClF2N2O2.ClH/c13-8-1-2-10(19-12(14)15)9(3-8)11(18)17-6-7-4-16-5-7;/h1-3,7,12,16H,4-6H2,(H,17,18);1H. The molecule has 1 heterocycles. The highest BCUT2D eigenvalue weighted by Crippen LogP contribution is 2.24. The van der Waals surface area contributed by atoms with E-state index < -0.39 is 12.5 Å². The highest BCUT2D eigenvalue weighted by Gasteiger charge is 2.20. The second kappa shape index (κ2) is 7.61. The predicted octanol–water partition coefficient (Wildman–Crippen LogP) is 2.31. The molecule has 2 rings (SSSR count). The van der Waals surface area contributed by atoms with E-state index in [0.717, 1.165) is 13.1 Å². The normalized spacial score (nSPS) is 14.4. The van der Waals surface area contributed by atoms with Crippen LogP contribution in [0, 0.1) is 5.92 Å². The Balaban J connectivity index is 0.00000200. The first-order valence-corrected chi connectivity index (χ1v) is 6.17. The van der Waals surface area contributed by atoms with Gasteiger partial charge in [-0.2, -0.15) is 8.78 Å². The van der Waals surface area contributed by atoms with Crippen molar-refractivity contribution >= 4 is 29.9 Å². The second-order valence-electron chi connectivity index (χ2n) is 4.25. The van der Waals surface area contributed by atoms with E-state index in [0.29, 0.717) is 12.5 Å². The Morgan fingerprint density at radius 3 is 2.75 bits per heavy atom. The summed E-state index contributed by atoms with van der Waals surface area (Å²) < 4.78 is 28.8. The zero-order valence-electron chi connectivity index (χ0n) is 10.4. The summed E-state index contributed by atoms with van der Waals surface area (Å²) in [5.74, 6) is -0.267. The third-order valence-electron chi connectivity index (χ3n) is 2.82. The Hall–Kier alpha value is -1.11. The van der Waals surface area contributed by atoms with Crippen molar-refractivity contribution in [2.24, 2.45) is 5.92 Å². The van der Waals surface area contributed by atoms with Crippen molar-refractivity contribution in [1.29, 1.82) is 0 Å². The smallest absolute Gasteiger partial charge is 0.387 e. The zero-order valence-corrected chi connectivity index (χ0v) is 11.9. The van der Waals surface area contributed by atoms with Gasteiger partial charge in [-0.05, 0) is 18.2 Å². The molecule has 20 heavy (non-hydrogen) atoms. The van der Waals surface area contributed by atoms with Gasteiger partial charge >= 0.3 is 6.61 Å². The molecule has 2 N–H and O–H groups in total. The molecular formula is C12H14Cl2F2N2O2. The van der Waals surface area contributed by atoms with Gasteiger partial charge in [-0.15, -0.1) is 12.4 Å². The molecule has 0 unspecified atom stereocenters. The molecule has 0 bridgehead atoms. The first-order chi connectivity index (χ1) is 9.06. The number of hydrogen-bond donors (Lipinski definition) is 2. The molecule has 8 heteroatoms. The lowest BCUT2D eigenvalue weighted by molar-refractivity contribution is -0.0501. The van der Waals surface area contributed by atoms with Gasteiger partial charge in [0.15, 0.2) is 0 Å². The summed E-state index contributed by atoms with van der Waals surface area (Å²) in [6, 6.07) is 3.97. The van der Waals surface area contributed by atoms with Crippen LogP contribution in [-0.4, -0.2) is 32.2 Å². The summed E-state index contributed by atoms with van der Waals surface area (Å²) in [6.07, 6.45) is 0. The van der Waals surface area contributed by atoms with Gasteiger partial charge in [-0.25, -0.2) is 0 Å². The van der Waals surface area contributed by atoms with E-state index in [1.165, 1.54) is 18.2 Å². The van der Waals surface area contributed by atoms with E-state index in [1.54, 1.807) is 0 Å². The van der Waals surface area contributed by atoms with Crippen LogP contribution in [0.25, 0.3) is 0 Å². The molecule has 1 aromatic rings. The first-order valence-electron chi connectivity index (χ1n) is 5.79. The molecule has 0 aromatic heterocycles. The van der Waals surface area contributed by atoms with Crippen LogP contribution in [0.1, 0.15) is 10.4 Å². The van der Waals surface area contributed by atoms with E-state index in [-0.39, 0.29) is 28.7 Å². The number of benzene rings is 1. The van der Waals surface area contributed by atoms with Crippen LogP contribution >= 0.6 is 24.0 Å². The molecule has 1 aliphatic rings. The minimum absolute atomic E-state index is 0. The quantitative estimate of drug-likeness (QED) is 0.873. The maximum atomic E-state index is 12.2. The van der Waals surface area contributed by atoms with Crippen molar-refractivity contribution in [2.75, 3.05) is 19.6 Å². The lowest BCUT2D eigenvalue weighted by atomic mass is 10.0. The van der Waals surface area contributed by atoms with Crippen LogP contribution in [-0.2, 0) is 0 Å². The maximum absolute atomic E-state index is 12.2. The van der Waals surface area contributed by atoms with Gasteiger partial charge < -0.3 is 15.4 Å². The van der Waals surface area contributed by atoms with E-state index in [4.69, 9.17) is 11.6 Å². The maximum Gasteiger partial charge on any atom is 0.387 e. The molecule has 1 saturated heterocycles. The van der Waals surface area contributed by atoms with E-state index >= 15 is 0 Å². The fourth-order valence-electron chi connectivity index (χ4n) is 1.70. The Morgan fingerprint density at radius 1 is 1.50 bits per heavy atom. The molecule has 1 amide bonds. The van der Waals surface area contributed by atoms with Crippen molar-refractivity contribution in [3.63, 3.8) is 0 Å². The molecule has 0 radical (unpaired) electrons. The molecule has 0 aliphatic carbocycles. The number of amides is 1. The largest absolute Gasteiger partial charge is 0.434 e. The molecule has 112 valence electrons. The number of hydrogen-bond acceptors (Lipinski definition) is 3. The molecular weight excluding hydrogens is 313 g/mol. The number of alkyl halides is 2. The van der Waals surface area contributed by atoms with Crippen LogP contribution in [0.4, 0.5) is 8.78 Å². The lowest BCUT2D eigenvalue weighted by Gasteiger charge is -2.27. The van der Waals surface area contributed by atoms with Crippen molar-refractivity contribution in [1.82, 2.24) is 10.6 Å². The summed E-state index contributed by atoms with van der Waals surface area (Å²) in [7, 11) is 0. The predicted molar refractivity (Wildman–Crippen MR) is 74.0 cm³/mol. The fourth-order valence-corrected chi connectivity index (χ4v) is 1.88. The third-order valence-corrected chi connectivity index (χ3v) is 3.05. The Bertz CT molecular complexity index is 471.